The van der Waals surface area contributed by atoms with E-state index in [2.05, 4.69) is 5.32 Å². The van der Waals surface area contributed by atoms with Gasteiger partial charge in [-0.1, -0.05) is 12.1 Å². The standard InChI is InChI=1S/C16H20N2O5S/c1-22-15-8-4-3-7-14(15)18(24(2,20)21)10-9-16(19)17-12-13-6-5-11-23-13/h3-8,11H,9-10,12H2,1-2H3,(H,17,19). The number of carbonyl (C=O) groups excluding carboxylic acids is 1. The highest BCUT2D eigenvalue weighted by atomic mass is 32.2. The van der Waals surface area contributed by atoms with Crippen LogP contribution in [0.5, 0.6) is 5.75 Å². The highest BCUT2D eigenvalue weighted by molar-refractivity contribution is 7.92. The minimum absolute atomic E-state index is 0.0171. The number of sulfonamides is 1. The summed E-state index contributed by atoms with van der Waals surface area (Å²) in [6.07, 6.45) is 2.64. The number of furan rings is 1. The minimum Gasteiger partial charge on any atom is -0.495 e. The smallest absolute Gasteiger partial charge is 0.232 e. The molecule has 0 unspecified atom stereocenters. The maximum atomic E-state index is 12.1. The molecular formula is C16H20N2O5S. The summed E-state index contributed by atoms with van der Waals surface area (Å²) in [7, 11) is -2.08. The molecule has 0 aliphatic carbocycles. The van der Waals surface area contributed by atoms with Crippen molar-refractivity contribution in [2.75, 3.05) is 24.2 Å². The Kier molecular flexibility index (Phi) is 5.86. The predicted octanol–water partition coefficient (Wildman–Crippen LogP) is 1.76. The lowest BCUT2D eigenvalue weighted by Gasteiger charge is -2.23. The molecule has 1 aromatic heterocycles. The van der Waals surface area contributed by atoms with Crippen molar-refractivity contribution < 1.29 is 22.4 Å². The summed E-state index contributed by atoms with van der Waals surface area (Å²) < 4.78 is 35.7. The number of hydrogen-bond donors (Lipinski definition) is 1. The molecule has 1 N–H and O–H groups in total. The van der Waals surface area contributed by atoms with Gasteiger partial charge in [0.1, 0.15) is 11.5 Å². The quantitative estimate of drug-likeness (QED) is 0.782. The number of methoxy groups -OCH3 is 1. The van der Waals surface area contributed by atoms with Gasteiger partial charge in [-0.05, 0) is 24.3 Å². The van der Waals surface area contributed by atoms with Crippen LogP contribution in [-0.4, -0.2) is 34.2 Å². The number of nitrogens with zero attached hydrogens (tertiary/aromatic N) is 1. The third-order valence-electron chi connectivity index (χ3n) is 3.34. The van der Waals surface area contributed by atoms with E-state index in [1.165, 1.54) is 13.4 Å². The largest absolute Gasteiger partial charge is 0.495 e. The first kappa shape index (κ1) is 17.9. The molecular weight excluding hydrogens is 332 g/mol. The third kappa shape index (κ3) is 4.76. The number of amides is 1. The lowest BCUT2D eigenvalue weighted by atomic mass is 10.3. The minimum atomic E-state index is -3.55. The van der Waals surface area contributed by atoms with Gasteiger partial charge >= 0.3 is 0 Å². The maximum absolute atomic E-state index is 12.1. The summed E-state index contributed by atoms with van der Waals surface area (Å²) in [5.74, 6) is 0.793. The van der Waals surface area contributed by atoms with Crippen LogP contribution in [0.25, 0.3) is 0 Å². The number of hydrogen-bond acceptors (Lipinski definition) is 5. The Hall–Kier alpha value is -2.48. The Bertz CT molecular complexity index is 772. The molecule has 2 aromatic rings. The average molecular weight is 352 g/mol. The van der Waals surface area contributed by atoms with E-state index in [1.807, 2.05) is 0 Å². The lowest BCUT2D eigenvalue weighted by molar-refractivity contribution is -0.121. The molecule has 0 radical (unpaired) electrons. The van der Waals surface area contributed by atoms with Gasteiger partial charge in [-0.15, -0.1) is 0 Å². The van der Waals surface area contributed by atoms with Crippen molar-refractivity contribution in [1.82, 2.24) is 5.32 Å². The molecule has 0 fully saturated rings. The third-order valence-corrected chi connectivity index (χ3v) is 4.52. The summed E-state index contributed by atoms with van der Waals surface area (Å²) in [4.78, 5) is 11.9. The van der Waals surface area contributed by atoms with Crippen LogP contribution < -0.4 is 14.4 Å². The van der Waals surface area contributed by atoms with Crippen molar-refractivity contribution in [3.05, 3.63) is 48.4 Å². The second-order valence-corrected chi connectivity index (χ2v) is 7.02. The van der Waals surface area contributed by atoms with Gasteiger partial charge in [0.2, 0.25) is 15.9 Å². The van der Waals surface area contributed by atoms with E-state index in [0.29, 0.717) is 17.2 Å². The van der Waals surface area contributed by atoms with Gasteiger partial charge in [0.25, 0.3) is 0 Å². The van der Waals surface area contributed by atoms with Crippen molar-refractivity contribution in [3.8, 4) is 5.75 Å². The fourth-order valence-electron chi connectivity index (χ4n) is 2.19. The van der Waals surface area contributed by atoms with E-state index >= 15 is 0 Å². The van der Waals surface area contributed by atoms with E-state index in [4.69, 9.17) is 9.15 Å². The molecule has 0 bridgehead atoms. The summed E-state index contributed by atoms with van der Waals surface area (Å²) >= 11 is 0. The molecule has 0 atom stereocenters. The molecule has 0 spiro atoms. The van der Waals surface area contributed by atoms with E-state index < -0.39 is 10.0 Å². The van der Waals surface area contributed by atoms with Crippen molar-refractivity contribution >= 4 is 21.6 Å². The van der Waals surface area contributed by atoms with Crippen molar-refractivity contribution in [3.63, 3.8) is 0 Å². The van der Waals surface area contributed by atoms with Crippen LogP contribution in [0.1, 0.15) is 12.2 Å². The van der Waals surface area contributed by atoms with Gasteiger partial charge < -0.3 is 14.5 Å². The zero-order valence-corrected chi connectivity index (χ0v) is 14.4. The maximum Gasteiger partial charge on any atom is 0.232 e. The normalized spacial score (nSPS) is 11.1. The average Bonchev–Trinajstić information content (AvgIpc) is 3.05. The Morgan fingerprint density at radius 3 is 2.62 bits per heavy atom. The van der Waals surface area contributed by atoms with Crippen LogP contribution in [0.3, 0.4) is 0 Å². The fraction of sp³-hybridized carbons (Fsp3) is 0.312. The van der Waals surface area contributed by atoms with Crippen LogP contribution >= 0.6 is 0 Å². The van der Waals surface area contributed by atoms with E-state index in [9.17, 15) is 13.2 Å². The molecule has 0 aliphatic heterocycles. The number of ether oxygens (including phenoxy) is 1. The van der Waals surface area contributed by atoms with Crippen molar-refractivity contribution in [2.24, 2.45) is 0 Å². The van der Waals surface area contributed by atoms with Crippen molar-refractivity contribution in [2.45, 2.75) is 13.0 Å². The molecule has 1 amide bonds. The van der Waals surface area contributed by atoms with Gasteiger partial charge in [-0.2, -0.15) is 0 Å². The molecule has 24 heavy (non-hydrogen) atoms. The Morgan fingerprint density at radius 1 is 1.25 bits per heavy atom. The van der Waals surface area contributed by atoms with Crippen LogP contribution in [0.2, 0.25) is 0 Å². The first-order chi connectivity index (χ1) is 11.4. The molecule has 7 nitrogen and oxygen atoms in total. The molecule has 0 saturated heterocycles. The van der Waals surface area contributed by atoms with E-state index in [-0.39, 0.29) is 25.4 Å². The Balaban J connectivity index is 2.03. The number of para-hydroxylation sites is 2. The summed E-state index contributed by atoms with van der Waals surface area (Å²) in [6.45, 7) is 0.280. The number of rotatable bonds is 8. The van der Waals surface area contributed by atoms with E-state index in [1.54, 1.807) is 36.4 Å². The van der Waals surface area contributed by atoms with E-state index in [0.717, 1.165) is 10.6 Å². The molecule has 0 saturated carbocycles. The number of carbonyl (C=O) groups is 1. The van der Waals surface area contributed by atoms with Crippen LogP contribution in [0.4, 0.5) is 5.69 Å². The molecule has 130 valence electrons. The molecule has 1 heterocycles. The zero-order chi connectivity index (χ0) is 17.6. The SMILES string of the molecule is COc1ccccc1N(CCC(=O)NCc1ccco1)S(C)(=O)=O. The fourth-order valence-corrected chi connectivity index (χ4v) is 3.12. The monoisotopic (exact) mass is 352 g/mol. The van der Waals surface area contributed by atoms with Gasteiger partial charge in [-0.3, -0.25) is 9.10 Å². The highest BCUT2D eigenvalue weighted by Crippen LogP contribution is 2.29. The second-order valence-electron chi connectivity index (χ2n) is 5.11. The number of anilines is 1. The molecule has 8 heteroatoms. The zero-order valence-electron chi connectivity index (χ0n) is 13.6. The summed E-state index contributed by atoms with van der Waals surface area (Å²) in [5, 5.41) is 2.69. The topological polar surface area (TPSA) is 88.8 Å². The van der Waals surface area contributed by atoms with Gasteiger partial charge in [-0.25, -0.2) is 8.42 Å². The lowest BCUT2D eigenvalue weighted by Crippen LogP contribution is -2.34. The first-order valence-electron chi connectivity index (χ1n) is 7.31. The first-order valence-corrected chi connectivity index (χ1v) is 9.16. The molecule has 1 aromatic carbocycles. The Labute approximate surface area is 141 Å². The van der Waals surface area contributed by atoms with Gasteiger partial charge in [0.15, 0.2) is 0 Å². The van der Waals surface area contributed by atoms with Crippen LogP contribution in [0.15, 0.2) is 47.1 Å². The summed E-state index contributed by atoms with van der Waals surface area (Å²) in [6, 6.07) is 10.3. The van der Waals surface area contributed by atoms with Gasteiger partial charge in [0.05, 0.1) is 31.9 Å². The Morgan fingerprint density at radius 2 is 2.00 bits per heavy atom. The predicted molar refractivity (Wildman–Crippen MR) is 90.4 cm³/mol. The van der Waals surface area contributed by atoms with Crippen LogP contribution in [0, 0.1) is 0 Å². The molecule has 0 aliphatic rings. The van der Waals surface area contributed by atoms with Gasteiger partial charge in [0, 0.05) is 13.0 Å². The highest BCUT2D eigenvalue weighted by Gasteiger charge is 2.21. The summed E-state index contributed by atoms with van der Waals surface area (Å²) in [5.41, 5.74) is 0.404. The number of nitrogens with one attached hydrogen (secondary N) is 1. The second kappa shape index (κ2) is 7.87. The number of benzene rings is 1. The van der Waals surface area contributed by atoms with Crippen LogP contribution in [-0.2, 0) is 21.4 Å². The molecule has 2 rings (SSSR count). The van der Waals surface area contributed by atoms with Crippen molar-refractivity contribution in [1.29, 1.82) is 0 Å².